The van der Waals surface area contributed by atoms with Crippen LogP contribution in [0, 0.1) is 0 Å². The van der Waals surface area contributed by atoms with Gasteiger partial charge in [0.05, 0.1) is 12.1 Å². The van der Waals surface area contributed by atoms with Gasteiger partial charge in [-0.2, -0.15) is 0 Å². The number of rotatable bonds is 2. The van der Waals surface area contributed by atoms with Crippen molar-refractivity contribution in [2.24, 2.45) is 0 Å². The largest absolute Gasteiger partial charge is 0.465 e. The summed E-state index contributed by atoms with van der Waals surface area (Å²) in [6.07, 6.45) is 0.739. The average Bonchev–Trinajstić information content (AvgIpc) is 2.50. The van der Waals surface area contributed by atoms with Gasteiger partial charge in [-0.05, 0) is 12.1 Å². The number of oxazole rings is 1. The van der Waals surface area contributed by atoms with Crippen molar-refractivity contribution in [2.45, 2.75) is 12.7 Å². The van der Waals surface area contributed by atoms with Gasteiger partial charge in [-0.1, -0.05) is 0 Å². The molecule has 1 atom stereocenters. The van der Waals surface area contributed by atoms with E-state index in [1.54, 1.807) is 18.2 Å². The third-order valence-corrected chi connectivity index (χ3v) is 2.32. The van der Waals surface area contributed by atoms with E-state index < -0.39 is 5.76 Å². The molecule has 1 aromatic heterocycles. The lowest BCUT2D eigenvalue weighted by molar-refractivity contribution is -0.165. The molecule has 0 radical (unpaired) electrons. The summed E-state index contributed by atoms with van der Waals surface area (Å²) in [5.74, 6) is 0.192. The highest BCUT2D eigenvalue weighted by Crippen LogP contribution is 2.22. The molecule has 1 saturated heterocycles. The van der Waals surface area contributed by atoms with Crippen LogP contribution in [-0.2, 0) is 4.74 Å². The second-order valence-electron chi connectivity index (χ2n) is 3.38. The third-order valence-electron chi connectivity index (χ3n) is 2.32. The summed E-state index contributed by atoms with van der Waals surface area (Å²) in [6.45, 7) is 0.742. The fraction of sp³-hybridized carbons (Fsp3) is 0.300. The molecule has 2 heterocycles. The summed E-state index contributed by atoms with van der Waals surface area (Å²) in [5, 5.41) is 0. The molecule has 5 heteroatoms. The summed E-state index contributed by atoms with van der Waals surface area (Å²) >= 11 is 0. The van der Waals surface area contributed by atoms with Crippen LogP contribution in [0.1, 0.15) is 6.42 Å². The summed E-state index contributed by atoms with van der Waals surface area (Å²) in [6, 6.07) is 5.19. The van der Waals surface area contributed by atoms with Gasteiger partial charge in [-0.15, -0.1) is 0 Å². The quantitative estimate of drug-likeness (QED) is 0.804. The maximum atomic E-state index is 10.9. The molecule has 1 unspecified atom stereocenters. The Balaban J connectivity index is 1.94. The first-order chi connectivity index (χ1) is 7.31. The minimum absolute atomic E-state index is 0.159. The van der Waals surface area contributed by atoms with Crippen LogP contribution in [0.5, 0.6) is 5.75 Å². The number of nitrogens with one attached hydrogen (secondary N) is 1. The van der Waals surface area contributed by atoms with Gasteiger partial charge < -0.3 is 13.9 Å². The monoisotopic (exact) mass is 207 g/mol. The van der Waals surface area contributed by atoms with E-state index in [2.05, 4.69) is 4.98 Å². The second-order valence-corrected chi connectivity index (χ2v) is 3.38. The van der Waals surface area contributed by atoms with E-state index in [0.29, 0.717) is 16.8 Å². The Kier molecular flexibility index (Phi) is 1.78. The molecule has 1 aromatic carbocycles. The fourth-order valence-corrected chi connectivity index (χ4v) is 1.46. The number of hydrogen-bond acceptors (Lipinski definition) is 4. The Hall–Kier alpha value is -1.75. The Labute approximate surface area is 84.6 Å². The van der Waals surface area contributed by atoms with Crippen LogP contribution in [0.15, 0.2) is 27.4 Å². The zero-order valence-electron chi connectivity index (χ0n) is 7.86. The molecule has 0 aliphatic carbocycles. The van der Waals surface area contributed by atoms with E-state index in [-0.39, 0.29) is 6.29 Å². The third kappa shape index (κ3) is 1.50. The van der Waals surface area contributed by atoms with Crippen molar-refractivity contribution in [3.8, 4) is 5.75 Å². The number of benzene rings is 1. The topological polar surface area (TPSA) is 64.5 Å². The fourth-order valence-electron chi connectivity index (χ4n) is 1.46. The van der Waals surface area contributed by atoms with E-state index in [9.17, 15) is 4.79 Å². The van der Waals surface area contributed by atoms with Gasteiger partial charge in [0, 0.05) is 12.5 Å². The lowest BCUT2D eigenvalue weighted by Crippen LogP contribution is -2.32. The summed E-state index contributed by atoms with van der Waals surface area (Å²) < 4.78 is 15.5. The van der Waals surface area contributed by atoms with Gasteiger partial charge in [0.25, 0.3) is 0 Å². The van der Waals surface area contributed by atoms with Crippen LogP contribution in [0.4, 0.5) is 0 Å². The minimum atomic E-state index is -0.456. The molecule has 1 aliphatic heterocycles. The van der Waals surface area contributed by atoms with Crippen LogP contribution >= 0.6 is 0 Å². The summed E-state index contributed by atoms with van der Waals surface area (Å²) in [4.78, 5) is 13.5. The zero-order valence-corrected chi connectivity index (χ0v) is 7.86. The van der Waals surface area contributed by atoms with Gasteiger partial charge in [-0.25, -0.2) is 4.79 Å². The van der Waals surface area contributed by atoms with Crippen LogP contribution in [0.25, 0.3) is 11.1 Å². The maximum Gasteiger partial charge on any atom is 0.417 e. The highest BCUT2D eigenvalue weighted by atomic mass is 16.7. The van der Waals surface area contributed by atoms with Crippen LogP contribution in [0.3, 0.4) is 0 Å². The zero-order chi connectivity index (χ0) is 10.3. The number of hydrogen-bond donors (Lipinski definition) is 1. The van der Waals surface area contributed by atoms with Crippen molar-refractivity contribution in [3.63, 3.8) is 0 Å². The van der Waals surface area contributed by atoms with E-state index in [0.717, 1.165) is 13.0 Å². The SMILES string of the molecule is O=c1[nH]c2ccc(OC3CCO3)cc2o1. The minimum Gasteiger partial charge on any atom is -0.465 e. The van der Waals surface area contributed by atoms with E-state index in [4.69, 9.17) is 13.9 Å². The van der Waals surface area contributed by atoms with Crippen LogP contribution in [-0.4, -0.2) is 17.9 Å². The van der Waals surface area contributed by atoms with E-state index >= 15 is 0 Å². The van der Waals surface area contributed by atoms with Gasteiger partial charge in [0.15, 0.2) is 5.58 Å². The summed E-state index contributed by atoms with van der Waals surface area (Å²) in [5.41, 5.74) is 1.17. The van der Waals surface area contributed by atoms with Gasteiger partial charge >= 0.3 is 5.76 Å². The first-order valence-corrected chi connectivity index (χ1v) is 4.72. The van der Waals surface area contributed by atoms with E-state index in [1.807, 2.05) is 0 Å². The number of ether oxygens (including phenoxy) is 2. The smallest absolute Gasteiger partial charge is 0.417 e. The van der Waals surface area contributed by atoms with Gasteiger partial charge in [0.2, 0.25) is 6.29 Å². The first-order valence-electron chi connectivity index (χ1n) is 4.72. The van der Waals surface area contributed by atoms with Crippen molar-refractivity contribution >= 4 is 11.1 Å². The molecule has 3 rings (SSSR count). The lowest BCUT2D eigenvalue weighted by atomic mass is 10.3. The molecule has 0 bridgehead atoms. The molecule has 1 N–H and O–H groups in total. The Morgan fingerprint density at radius 1 is 1.47 bits per heavy atom. The Bertz CT molecular complexity index is 538. The Morgan fingerprint density at radius 3 is 3.07 bits per heavy atom. The number of aromatic nitrogens is 1. The van der Waals surface area contributed by atoms with Crippen LogP contribution < -0.4 is 10.5 Å². The standard InChI is InChI=1S/C10H9NO4/c12-10-11-7-2-1-6(5-8(7)15-10)14-9-3-4-13-9/h1-2,5,9H,3-4H2,(H,11,12). The number of aromatic amines is 1. The predicted octanol–water partition coefficient (Wildman–Crippen LogP) is 1.25. The van der Waals surface area contributed by atoms with Crippen molar-refractivity contribution in [3.05, 3.63) is 28.7 Å². The number of H-pyrrole nitrogens is 1. The second kappa shape index (κ2) is 3.13. The van der Waals surface area contributed by atoms with Crippen molar-refractivity contribution < 1.29 is 13.9 Å². The first kappa shape index (κ1) is 8.55. The molecule has 5 nitrogen and oxygen atoms in total. The van der Waals surface area contributed by atoms with Crippen LogP contribution in [0.2, 0.25) is 0 Å². The molecular formula is C10H9NO4. The lowest BCUT2D eigenvalue weighted by Gasteiger charge is -2.26. The molecule has 1 fully saturated rings. The highest BCUT2D eigenvalue weighted by Gasteiger charge is 2.19. The Morgan fingerprint density at radius 2 is 2.33 bits per heavy atom. The normalized spacial score (nSPS) is 20.1. The summed E-state index contributed by atoms with van der Waals surface area (Å²) in [7, 11) is 0. The molecular weight excluding hydrogens is 198 g/mol. The van der Waals surface area contributed by atoms with Gasteiger partial charge in [-0.3, -0.25) is 4.98 Å². The van der Waals surface area contributed by atoms with E-state index in [1.165, 1.54) is 0 Å². The van der Waals surface area contributed by atoms with Crippen molar-refractivity contribution in [1.29, 1.82) is 0 Å². The van der Waals surface area contributed by atoms with Gasteiger partial charge in [0.1, 0.15) is 5.75 Å². The highest BCUT2D eigenvalue weighted by molar-refractivity contribution is 5.73. The molecule has 78 valence electrons. The predicted molar refractivity (Wildman–Crippen MR) is 51.8 cm³/mol. The molecule has 2 aromatic rings. The maximum absolute atomic E-state index is 10.9. The van der Waals surface area contributed by atoms with Crippen molar-refractivity contribution in [1.82, 2.24) is 4.98 Å². The number of fused-ring (bicyclic) bond motifs is 1. The molecule has 15 heavy (non-hydrogen) atoms. The molecule has 0 spiro atoms. The van der Waals surface area contributed by atoms with Crippen molar-refractivity contribution in [2.75, 3.05) is 6.61 Å². The molecule has 0 amide bonds. The molecule has 1 aliphatic rings. The average molecular weight is 207 g/mol. The molecule has 0 saturated carbocycles.